The van der Waals surface area contributed by atoms with Crippen LogP contribution in [0.4, 0.5) is 0 Å². The molecule has 0 unspecified atom stereocenters. The maximum Gasteiger partial charge on any atom is 0.230 e. The molecule has 0 spiro atoms. The Labute approximate surface area is 104 Å². The Bertz CT molecular complexity index is 499. The summed E-state index contributed by atoms with van der Waals surface area (Å²) in [4.78, 5) is 6.88. The highest BCUT2D eigenvalue weighted by atomic mass is 32.1. The van der Waals surface area contributed by atoms with Crippen LogP contribution in [0.1, 0.15) is 29.5 Å². The molecule has 2 aromatic rings. The number of aryl methyl sites for hydroxylation is 1. The Morgan fingerprint density at radius 3 is 2.88 bits per heavy atom. The molecule has 2 aromatic heterocycles. The summed E-state index contributed by atoms with van der Waals surface area (Å²) in [6.07, 6.45) is 2.18. The van der Waals surface area contributed by atoms with Crippen LogP contribution >= 0.6 is 11.3 Å². The van der Waals surface area contributed by atoms with E-state index >= 15 is 0 Å². The molecule has 3 rings (SSSR count). The lowest BCUT2D eigenvalue weighted by Crippen LogP contribution is -2.26. The van der Waals surface area contributed by atoms with E-state index in [-0.39, 0.29) is 0 Å². The minimum Gasteiger partial charge on any atom is -0.339 e. The van der Waals surface area contributed by atoms with Crippen LogP contribution in [-0.2, 0) is 0 Å². The number of nitrogens with one attached hydrogen (secondary N) is 1. The largest absolute Gasteiger partial charge is 0.339 e. The Morgan fingerprint density at radius 2 is 2.18 bits per heavy atom. The Kier molecular flexibility index (Phi) is 2.94. The third-order valence-electron chi connectivity index (χ3n) is 3.09. The summed E-state index contributed by atoms with van der Waals surface area (Å²) < 4.78 is 5.39. The molecule has 1 saturated heterocycles. The quantitative estimate of drug-likeness (QED) is 0.888. The molecule has 0 aliphatic carbocycles. The second-order valence-electron chi connectivity index (χ2n) is 4.39. The highest BCUT2D eigenvalue weighted by Crippen LogP contribution is 2.29. The van der Waals surface area contributed by atoms with E-state index in [9.17, 15) is 0 Å². The van der Waals surface area contributed by atoms with E-state index in [1.54, 1.807) is 11.3 Å². The van der Waals surface area contributed by atoms with E-state index < -0.39 is 0 Å². The van der Waals surface area contributed by atoms with Crippen LogP contribution in [0, 0.1) is 6.92 Å². The van der Waals surface area contributed by atoms with E-state index in [1.807, 2.05) is 0 Å². The number of nitrogens with zero attached hydrogens (tertiary/aromatic N) is 2. The van der Waals surface area contributed by atoms with Gasteiger partial charge in [0.25, 0.3) is 0 Å². The first-order chi connectivity index (χ1) is 8.33. The summed E-state index contributed by atoms with van der Waals surface area (Å²) in [5.74, 6) is 1.96. The number of thiophene rings is 1. The second-order valence-corrected chi connectivity index (χ2v) is 5.68. The predicted octanol–water partition coefficient (Wildman–Crippen LogP) is 2.57. The molecule has 0 atom stereocenters. The molecular weight excluding hydrogens is 234 g/mol. The predicted molar refractivity (Wildman–Crippen MR) is 67.2 cm³/mol. The molecular formula is C12H15N3OS. The molecule has 4 nitrogen and oxygen atoms in total. The van der Waals surface area contributed by atoms with Crippen LogP contribution in [0.25, 0.3) is 10.7 Å². The van der Waals surface area contributed by atoms with Crippen molar-refractivity contribution in [1.82, 2.24) is 15.5 Å². The lowest BCUT2D eigenvalue weighted by atomic mass is 9.98. The maximum atomic E-state index is 5.39. The summed E-state index contributed by atoms with van der Waals surface area (Å²) in [7, 11) is 0. The summed E-state index contributed by atoms with van der Waals surface area (Å²) in [5, 5.41) is 7.42. The zero-order valence-corrected chi connectivity index (χ0v) is 10.6. The first kappa shape index (κ1) is 10.9. The smallest absolute Gasteiger partial charge is 0.230 e. The van der Waals surface area contributed by atoms with E-state index in [2.05, 4.69) is 34.5 Å². The number of rotatable bonds is 2. The van der Waals surface area contributed by atoms with E-state index in [1.165, 1.54) is 4.88 Å². The number of aromatic nitrogens is 2. The number of hydrogen-bond acceptors (Lipinski definition) is 5. The molecule has 90 valence electrons. The van der Waals surface area contributed by atoms with E-state index in [0.717, 1.165) is 42.5 Å². The van der Waals surface area contributed by atoms with Crippen molar-refractivity contribution in [3.63, 3.8) is 0 Å². The van der Waals surface area contributed by atoms with Crippen LogP contribution in [-0.4, -0.2) is 23.2 Å². The lowest BCUT2D eigenvalue weighted by Gasteiger charge is -2.18. The Balaban J connectivity index is 1.82. The number of piperidine rings is 1. The standard InChI is InChI=1S/C12H15N3OS/c1-8-2-3-10(17-8)11-14-12(16-15-11)9-4-6-13-7-5-9/h2-3,9,13H,4-7H2,1H3. The molecule has 0 radical (unpaired) electrons. The first-order valence-electron chi connectivity index (χ1n) is 5.94. The monoisotopic (exact) mass is 249 g/mol. The molecule has 1 aliphatic heterocycles. The summed E-state index contributed by atoms with van der Waals surface area (Å²) in [6, 6.07) is 4.14. The third kappa shape index (κ3) is 2.25. The minimum absolute atomic E-state index is 0.429. The molecule has 5 heteroatoms. The van der Waals surface area contributed by atoms with Crippen LogP contribution in [0.15, 0.2) is 16.7 Å². The van der Waals surface area contributed by atoms with Gasteiger partial charge in [0.1, 0.15) is 0 Å². The molecule has 0 bridgehead atoms. The summed E-state index contributed by atoms with van der Waals surface area (Å²) in [6.45, 7) is 4.17. The third-order valence-corrected chi connectivity index (χ3v) is 4.09. The molecule has 1 fully saturated rings. The fraction of sp³-hybridized carbons (Fsp3) is 0.500. The van der Waals surface area contributed by atoms with Crippen LogP contribution in [0.5, 0.6) is 0 Å². The highest BCUT2D eigenvalue weighted by molar-refractivity contribution is 7.15. The SMILES string of the molecule is Cc1ccc(-c2noc(C3CCNCC3)n2)s1. The molecule has 0 amide bonds. The van der Waals surface area contributed by atoms with Crippen molar-refractivity contribution in [1.29, 1.82) is 0 Å². The van der Waals surface area contributed by atoms with Gasteiger partial charge in [0.15, 0.2) is 0 Å². The van der Waals surface area contributed by atoms with Crippen LogP contribution in [0.3, 0.4) is 0 Å². The van der Waals surface area contributed by atoms with Gasteiger partial charge in [-0.2, -0.15) is 4.98 Å². The highest BCUT2D eigenvalue weighted by Gasteiger charge is 2.21. The van der Waals surface area contributed by atoms with Crippen molar-refractivity contribution >= 4 is 11.3 Å². The van der Waals surface area contributed by atoms with Gasteiger partial charge in [-0.3, -0.25) is 0 Å². The van der Waals surface area contributed by atoms with E-state index in [0.29, 0.717) is 5.92 Å². The van der Waals surface area contributed by atoms with E-state index in [4.69, 9.17) is 4.52 Å². The average molecular weight is 249 g/mol. The van der Waals surface area contributed by atoms with Gasteiger partial charge < -0.3 is 9.84 Å². The van der Waals surface area contributed by atoms with Gasteiger partial charge in [0.05, 0.1) is 4.88 Å². The topological polar surface area (TPSA) is 51.0 Å². The zero-order valence-electron chi connectivity index (χ0n) is 9.77. The molecule has 3 heterocycles. The maximum absolute atomic E-state index is 5.39. The van der Waals surface area contributed by atoms with Crippen molar-refractivity contribution in [2.24, 2.45) is 0 Å². The second kappa shape index (κ2) is 4.58. The van der Waals surface area contributed by atoms with Crippen LogP contribution in [0.2, 0.25) is 0 Å². The van der Waals surface area contributed by atoms with Gasteiger partial charge in [-0.1, -0.05) is 5.16 Å². The van der Waals surface area contributed by atoms with Crippen molar-refractivity contribution < 1.29 is 4.52 Å². The van der Waals surface area contributed by atoms with Crippen molar-refractivity contribution in [3.05, 3.63) is 22.9 Å². The van der Waals surface area contributed by atoms with Crippen molar-refractivity contribution in [2.45, 2.75) is 25.7 Å². The average Bonchev–Trinajstić information content (AvgIpc) is 2.98. The fourth-order valence-corrected chi connectivity index (χ4v) is 2.92. The van der Waals surface area contributed by atoms with Crippen LogP contribution < -0.4 is 5.32 Å². The molecule has 1 aliphatic rings. The van der Waals surface area contributed by atoms with Gasteiger partial charge in [-0.15, -0.1) is 11.3 Å². The minimum atomic E-state index is 0.429. The zero-order chi connectivity index (χ0) is 11.7. The van der Waals surface area contributed by atoms with Gasteiger partial charge in [0, 0.05) is 10.8 Å². The fourth-order valence-electron chi connectivity index (χ4n) is 2.12. The molecule has 0 saturated carbocycles. The summed E-state index contributed by atoms with van der Waals surface area (Å²) >= 11 is 1.70. The first-order valence-corrected chi connectivity index (χ1v) is 6.76. The normalized spacial score (nSPS) is 17.5. The van der Waals surface area contributed by atoms with Gasteiger partial charge in [-0.25, -0.2) is 0 Å². The Hall–Kier alpha value is -1.20. The summed E-state index contributed by atoms with van der Waals surface area (Å²) in [5.41, 5.74) is 0. The molecule has 17 heavy (non-hydrogen) atoms. The Morgan fingerprint density at radius 1 is 1.35 bits per heavy atom. The van der Waals surface area contributed by atoms with Crippen molar-refractivity contribution in [3.8, 4) is 10.7 Å². The van der Waals surface area contributed by atoms with Gasteiger partial charge in [-0.05, 0) is 45.0 Å². The van der Waals surface area contributed by atoms with Gasteiger partial charge >= 0.3 is 0 Å². The molecule has 0 aromatic carbocycles. The van der Waals surface area contributed by atoms with Crippen molar-refractivity contribution in [2.75, 3.05) is 13.1 Å². The number of hydrogen-bond donors (Lipinski definition) is 1. The van der Waals surface area contributed by atoms with Gasteiger partial charge in [0.2, 0.25) is 11.7 Å². The lowest BCUT2D eigenvalue weighted by molar-refractivity contribution is 0.320. The molecule has 1 N–H and O–H groups in total.